The van der Waals surface area contributed by atoms with Crippen LogP contribution in [0, 0.1) is 35.0 Å². The van der Waals surface area contributed by atoms with E-state index in [1.165, 1.54) is 6.92 Å². The van der Waals surface area contributed by atoms with Gasteiger partial charge in [0.25, 0.3) is 0 Å². The summed E-state index contributed by atoms with van der Waals surface area (Å²) >= 11 is 0. The molecule has 1 heterocycles. The molecule has 0 bridgehead atoms. The molecule has 2 rings (SSSR count). The molecule has 0 aromatic heterocycles. The SMILES string of the molecule is CC1CCN(c2c(F)c(F)c(F)c(F)c2F)C1C(=O)O. The highest BCUT2D eigenvalue weighted by molar-refractivity contribution is 5.79. The topological polar surface area (TPSA) is 40.5 Å². The van der Waals surface area contributed by atoms with Gasteiger partial charge in [-0.15, -0.1) is 0 Å². The van der Waals surface area contributed by atoms with Crippen LogP contribution in [0.3, 0.4) is 0 Å². The van der Waals surface area contributed by atoms with Crippen molar-refractivity contribution in [3.63, 3.8) is 0 Å². The van der Waals surface area contributed by atoms with Crippen LogP contribution in [0.25, 0.3) is 0 Å². The highest BCUT2D eigenvalue weighted by atomic mass is 19.2. The maximum Gasteiger partial charge on any atom is 0.326 e. The first kappa shape index (κ1) is 14.5. The number of rotatable bonds is 2. The summed E-state index contributed by atoms with van der Waals surface area (Å²) in [6.07, 6.45) is 0.274. The fourth-order valence-corrected chi connectivity index (χ4v) is 2.42. The van der Waals surface area contributed by atoms with E-state index in [0.29, 0.717) is 4.90 Å². The van der Waals surface area contributed by atoms with Gasteiger partial charge in [0.05, 0.1) is 0 Å². The molecule has 1 aromatic carbocycles. The third kappa shape index (κ3) is 1.99. The Morgan fingerprint density at radius 1 is 1.05 bits per heavy atom. The van der Waals surface area contributed by atoms with Gasteiger partial charge in [0.1, 0.15) is 11.7 Å². The zero-order valence-corrected chi connectivity index (χ0v) is 10.3. The minimum absolute atomic E-state index is 0.101. The van der Waals surface area contributed by atoms with Crippen LogP contribution in [-0.4, -0.2) is 23.7 Å². The van der Waals surface area contributed by atoms with Crippen molar-refractivity contribution in [3.8, 4) is 0 Å². The van der Waals surface area contributed by atoms with Crippen LogP contribution in [0.2, 0.25) is 0 Å². The van der Waals surface area contributed by atoms with Gasteiger partial charge in [-0.1, -0.05) is 6.92 Å². The zero-order valence-electron chi connectivity index (χ0n) is 10.3. The monoisotopic (exact) mass is 295 g/mol. The first-order valence-electron chi connectivity index (χ1n) is 5.78. The third-order valence-electron chi connectivity index (χ3n) is 3.43. The lowest BCUT2D eigenvalue weighted by molar-refractivity contribution is -0.139. The van der Waals surface area contributed by atoms with E-state index in [1.54, 1.807) is 0 Å². The molecule has 0 aliphatic carbocycles. The van der Waals surface area contributed by atoms with Gasteiger partial charge in [0.2, 0.25) is 5.82 Å². The molecule has 1 N–H and O–H groups in total. The van der Waals surface area contributed by atoms with Gasteiger partial charge in [-0.05, 0) is 12.3 Å². The van der Waals surface area contributed by atoms with Gasteiger partial charge in [0.15, 0.2) is 23.3 Å². The number of hydrogen-bond acceptors (Lipinski definition) is 2. The van der Waals surface area contributed by atoms with Crippen LogP contribution >= 0.6 is 0 Å². The molecule has 1 aromatic rings. The molecule has 0 spiro atoms. The number of nitrogens with zero attached hydrogens (tertiary/aromatic N) is 1. The molecular formula is C12H10F5NO2. The molecule has 1 saturated heterocycles. The second-order valence-electron chi connectivity index (χ2n) is 4.66. The number of hydrogen-bond donors (Lipinski definition) is 1. The second kappa shape index (κ2) is 4.92. The van der Waals surface area contributed by atoms with Crippen LogP contribution in [0.1, 0.15) is 13.3 Å². The van der Waals surface area contributed by atoms with Crippen molar-refractivity contribution in [2.24, 2.45) is 5.92 Å². The van der Waals surface area contributed by atoms with Crippen molar-refractivity contribution < 1.29 is 31.9 Å². The summed E-state index contributed by atoms with van der Waals surface area (Å²) in [5.74, 6) is -12.3. The summed E-state index contributed by atoms with van der Waals surface area (Å²) in [5, 5.41) is 9.04. The molecule has 20 heavy (non-hydrogen) atoms. The van der Waals surface area contributed by atoms with Crippen molar-refractivity contribution in [1.82, 2.24) is 0 Å². The lowest BCUT2D eigenvalue weighted by Crippen LogP contribution is -2.40. The van der Waals surface area contributed by atoms with E-state index in [9.17, 15) is 26.7 Å². The maximum absolute atomic E-state index is 13.7. The van der Waals surface area contributed by atoms with Gasteiger partial charge >= 0.3 is 5.97 Å². The largest absolute Gasteiger partial charge is 0.480 e. The van der Waals surface area contributed by atoms with Crippen molar-refractivity contribution in [2.75, 3.05) is 11.4 Å². The number of carboxylic acid groups (broad SMARTS) is 1. The van der Waals surface area contributed by atoms with E-state index in [4.69, 9.17) is 5.11 Å². The number of aliphatic carboxylic acids is 1. The Labute approximate surface area is 110 Å². The summed E-state index contributed by atoms with van der Waals surface area (Å²) in [4.78, 5) is 11.8. The minimum Gasteiger partial charge on any atom is -0.480 e. The van der Waals surface area contributed by atoms with E-state index >= 15 is 0 Å². The molecule has 8 heteroatoms. The summed E-state index contributed by atoms with van der Waals surface area (Å²) in [5.41, 5.74) is -1.18. The Balaban J connectivity index is 2.61. The van der Waals surface area contributed by atoms with Crippen LogP contribution < -0.4 is 4.90 Å². The van der Waals surface area contributed by atoms with E-state index in [2.05, 4.69) is 0 Å². The Morgan fingerprint density at radius 2 is 1.50 bits per heavy atom. The molecule has 2 unspecified atom stereocenters. The Morgan fingerprint density at radius 3 is 1.95 bits per heavy atom. The molecule has 110 valence electrons. The maximum atomic E-state index is 13.7. The van der Waals surface area contributed by atoms with Gasteiger partial charge in [-0.2, -0.15) is 0 Å². The number of anilines is 1. The van der Waals surface area contributed by atoms with Gasteiger partial charge in [-0.25, -0.2) is 26.7 Å². The number of carboxylic acids is 1. The highest BCUT2D eigenvalue weighted by Crippen LogP contribution is 2.36. The quantitative estimate of drug-likeness (QED) is 0.518. The van der Waals surface area contributed by atoms with Crippen LogP contribution in [0.4, 0.5) is 27.6 Å². The third-order valence-corrected chi connectivity index (χ3v) is 3.43. The summed E-state index contributed by atoms with van der Waals surface area (Å²) in [6, 6.07) is -1.33. The molecule has 0 radical (unpaired) electrons. The zero-order chi connectivity index (χ0) is 15.2. The van der Waals surface area contributed by atoms with E-state index in [1.807, 2.05) is 0 Å². The van der Waals surface area contributed by atoms with Gasteiger partial charge in [0, 0.05) is 6.54 Å². The molecule has 0 saturated carbocycles. The number of carbonyl (C=O) groups is 1. The van der Waals surface area contributed by atoms with Gasteiger partial charge < -0.3 is 10.0 Å². The summed E-state index contributed by atoms with van der Waals surface area (Å²) in [6.45, 7) is 1.43. The first-order valence-corrected chi connectivity index (χ1v) is 5.78. The lowest BCUT2D eigenvalue weighted by Gasteiger charge is -2.26. The second-order valence-corrected chi connectivity index (χ2v) is 4.66. The predicted octanol–water partition coefficient (Wildman–Crippen LogP) is 2.68. The van der Waals surface area contributed by atoms with Crippen molar-refractivity contribution in [2.45, 2.75) is 19.4 Å². The summed E-state index contributed by atoms with van der Waals surface area (Å²) in [7, 11) is 0. The van der Waals surface area contributed by atoms with Gasteiger partial charge in [-0.3, -0.25) is 0 Å². The first-order chi connectivity index (χ1) is 9.27. The molecule has 1 fully saturated rings. The lowest BCUT2D eigenvalue weighted by atomic mass is 10.0. The number of halogens is 5. The molecule has 2 atom stereocenters. The summed E-state index contributed by atoms with van der Waals surface area (Å²) < 4.78 is 66.6. The van der Waals surface area contributed by atoms with E-state index in [0.717, 1.165) is 0 Å². The Hall–Kier alpha value is -1.86. The average molecular weight is 295 g/mol. The van der Waals surface area contributed by atoms with Crippen molar-refractivity contribution >= 4 is 11.7 Å². The molecule has 3 nitrogen and oxygen atoms in total. The standard InChI is InChI=1S/C12H10F5NO2/c1-4-2-3-18(10(4)12(19)20)11-8(16)6(14)5(13)7(15)9(11)17/h4,10H,2-3H2,1H3,(H,19,20). The molecular weight excluding hydrogens is 285 g/mol. The predicted molar refractivity (Wildman–Crippen MR) is 58.8 cm³/mol. The smallest absolute Gasteiger partial charge is 0.326 e. The molecule has 1 aliphatic rings. The van der Waals surface area contributed by atoms with E-state index in [-0.39, 0.29) is 13.0 Å². The van der Waals surface area contributed by atoms with Crippen LogP contribution in [0.5, 0.6) is 0 Å². The van der Waals surface area contributed by atoms with Crippen LogP contribution in [0.15, 0.2) is 0 Å². The fourth-order valence-electron chi connectivity index (χ4n) is 2.42. The Kier molecular flexibility index (Phi) is 3.58. The molecule has 0 amide bonds. The van der Waals surface area contributed by atoms with Crippen molar-refractivity contribution in [3.05, 3.63) is 29.1 Å². The van der Waals surface area contributed by atoms with Crippen molar-refractivity contribution in [1.29, 1.82) is 0 Å². The average Bonchev–Trinajstić information content (AvgIpc) is 2.76. The normalized spacial score (nSPS) is 22.4. The highest BCUT2D eigenvalue weighted by Gasteiger charge is 2.41. The molecule has 1 aliphatic heterocycles. The van der Waals surface area contributed by atoms with E-state index < -0.39 is 52.7 Å². The Bertz CT molecular complexity index is 548. The number of benzene rings is 1. The van der Waals surface area contributed by atoms with Crippen LogP contribution in [-0.2, 0) is 4.79 Å². The minimum atomic E-state index is -2.26. The fraction of sp³-hybridized carbons (Fsp3) is 0.417.